The minimum atomic E-state index is -0.346. The molecular weight excluding hydrogens is 170 g/mol. The lowest BCUT2D eigenvalue weighted by Gasteiger charge is -2.39. The molecule has 0 spiro atoms. The predicted octanol–water partition coefficient (Wildman–Crippen LogP) is -2.72. The van der Waals surface area contributed by atoms with Gasteiger partial charge in [0, 0.05) is 0 Å². The average Bonchev–Trinajstić information content (AvgIpc) is 2.15. The van der Waals surface area contributed by atoms with Crippen molar-refractivity contribution in [1.82, 2.24) is 10.2 Å². The Bertz CT molecular complexity index is 254. The van der Waals surface area contributed by atoms with Gasteiger partial charge in [-0.15, -0.1) is 0 Å². The lowest BCUT2D eigenvalue weighted by atomic mass is 10.1. The normalized spacial score (nSPS) is 34.1. The van der Waals surface area contributed by atoms with Gasteiger partial charge in [0.15, 0.2) is 6.04 Å². The smallest absolute Gasteiger partial charge is 0.249 e. The summed E-state index contributed by atoms with van der Waals surface area (Å²) in [4.78, 5) is 24.8. The first-order valence-electron chi connectivity index (χ1n) is 4.62. The van der Waals surface area contributed by atoms with E-state index in [-0.39, 0.29) is 23.9 Å². The summed E-state index contributed by atoms with van der Waals surface area (Å²) in [5, 5.41) is 4.75. The first-order chi connectivity index (χ1) is 6.20. The fraction of sp³-hybridized carbons (Fsp3) is 0.750. The molecule has 5 nitrogen and oxygen atoms in total. The summed E-state index contributed by atoms with van der Waals surface area (Å²) < 4.78 is 0. The van der Waals surface area contributed by atoms with Crippen LogP contribution in [0.25, 0.3) is 0 Å². The fourth-order valence-electron chi connectivity index (χ4n) is 1.92. The summed E-state index contributed by atoms with van der Waals surface area (Å²) in [6, 6.07) is -0.584. The first-order valence-corrected chi connectivity index (χ1v) is 4.62. The highest BCUT2D eigenvalue weighted by Gasteiger charge is 2.41. The van der Waals surface area contributed by atoms with E-state index in [9.17, 15) is 9.59 Å². The molecule has 2 atom stereocenters. The molecule has 0 aliphatic carbocycles. The van der Waals surface area contributed by atoms with Gasteiger partial charge < -0.3 is 15.5 Å². The lowest BCUT2D eigenvalue weighted by Crippen LogP contribution is -2.94. The van der Waals surface area contributed by atoms with E-state index < -0.39 is 0 Å². The number of piperazine rings is 2. The fourth-order valence-corrected chi connectivity index (χ4v) is 1.92. The Kier molecular flexibility index (Phi) is 1.95. The zero-order valence-corrected chi connectivity index (χ0v) is 7.62. The van der Waals surface area contributed by atoms with E-state index in [0.29, 0.717) is 13.1 Å². The Labute approximate surface area is 76.5 Å². The van der Waals surface area contributed by atoms with Crippen molar-refractivity contribution < 1.29 is 14.9 Å². The first kappa shape index (κ1) is 8.50. The second-order valence-corrected chi connectivity index (χ2v) is 3.59. The van der Waals surface area contributed by atoms with Crippen LogP contribution in [-0.4, -0.2) is 48.4 Å². The maximum absolute atomic E-state index is 11.6. The third kappa shape index (κ3) is 1.29. The van der Waals surface area contributed by atoms with E-state index in [1.54, 1.807) is 11.8 Å². The van der Waals surface area contributed by atoms with E-state index in [4.69, 9.17) is 0 Å². The highest BCUT2D eigenvalue weighted by atomic mass is 16.2. The van der Waals surface area contributed by atoms with Gasteiger partial charge in [0.05, 0.1) is 13.1 Å². The number of amides is 2. The van der Waals surface area contributed by atoms with Crippen LogP contribution in [-0.2, 0) is 9.59 Å². The van der Waals surface area contributed by atoms with Crippen LogP contribution < -0.4 is 10.6 Å². The Morgan fingerprint density at radius 3 is 3.08 bits per heavy atom. The van der Waals surface area contributed by atoms with Crippen molar-refractivity contribution in [3.8, 4) is 0 Å². The van der Waals surface area contributed by atoms with Gasteiger partial charge in [-0.3, -0.25) is 9.59 Å². The molecule has 3 N–H and O–H groups in total. The number of nitrogens with zero attached hydrogens (tertiary/aromatic N) is 1. The Morgan fingerprint density at radius 1 is 1.54 bits per heavy atom. The van der Waals surface area contributed by atoms with Crippen molar-refractivity contribution in [1.29, 1.82) is 0 Å². The van der Waals surface area contributed by atoms with Gasteiger partial charge in [-0.1, -0.05) is 0 Å². The molecule has 5 heteroatoms. The van der Waals surface area contributed by atoms with Crippen molar-refractivity contribution >= 4 is 11.8 Å². The largest absolute Gasteiger partial charge is 0.343 e. The molecule has 2 amide bonds. The maximum Gasteiger partial charge on any atom is 0.249 e. The Balaban J connectivity index is 2.19. The molecule has 13 heavy (non-hydrogen) atoms. The third-order valence-electron chi connectivity index (χ3n) is 2.66. The number of nitrogens with one attached hydrogen (secondary N) is 1. The van der Waals surface area contributed by atoms with Gasteiger partial charge in [-0.05, 0) is 6.92 Å². The van der Waals surface area contributed by atoms with E-state index in [0.717, 1.165) is 6.54 Å². The molecule has 0 radical (unpaired) electrons. The molecule has 0 bridgehead atoms. The summed E-state index contributed by atoms with van der Waals surface area (Å²) >= 11 is 0. The van der Waals surface area contributed by atoms with Crippen LogP contribution in [0.3, 0.4) is 0 Å². The molecule has 0 aromatic carbocycles. The van der Waals surface area contributed by atoms with E-state index in [1.165, 1.54) is 0 Å². The monoisotopic (exact) mass is 184 g/mol. The average molecular weight is 184 g/mol. The number of fused-ring (bicyclic) bond motifs is 1. The van der Waals surface area contributed by atoms with Gasteiger partial charge in [-0.25, -0.2) is 0 Å². The second-order valence-electron chi connectivity index (χ2n) is 3.59. The number of rotatable bonds is 0. The topological polar surface area (TPSA) is 66.0 Å². The quantitative estimate of drug-likeness (QED) is 0.429. The van der Waals surface area contributed by atoms with Crippen molar-refractivity contribution in [3.05, 3.63) is 0 Å². The molecule has 0 unspecified atom stereocenters. The Hall–Kier alpha value is -1.10. The predicted molar refractivity (Wildman–Crippen MR) is 44.8 cm³/mol. The summed E-state index contributed by atoms with van der Waals surface area (Å²) in [7, 11) is 0. The van der Waals surface area contributed by atoms with Crippen LogP contribution >= 0.6 is 0 Å². The lowest BCUT2D eigenvalue weighted by molar-refractivity contribution is -0.665. The van der Waals surface area contributed by atoms with Crippen LogP contribution in [0.4, 0.5) is 0 Å². The molecular formula is C8H14N3O2+. The number of nitrogens with two attached hydrogens (primary N) is 1. The molecule has 2 aliphatic heterocycles. The van der Waals surface area contributed by atoms with E-state index in [2.05, 4.69) is 10.6 Å². The highest BCUT2D eigenvalue weighted by molar-refractivity contribution is 5.96. The second kappa shape index (κ2) is 2.99. The van der Waals surface area contributed by atoms with Crippen molar-refractivity contribution in [2.24, 2.45) is 0 Å². The summed E-state index contributed by atoms with van der Waals surface area (Å²) in [6.45, 7) is 4.03. The number of quaternary nitrogens is 1. The Morgan fingerprint density at radius 2 is 2.31 bits per heavy atom. The van der Waals surface area contributed by atoms with Crippen LogP contribution in [0.5, 0.6) is 0 Å². The van der Waals surface area contributed by atoms with E-state index in [1.807, 2.05) is 0 Å². The highest BCUT2D eigenvalue weighted by Crippen LogP contribution is 2.09. The van der Waals surface area contributed by atoms with Crippen molar-refractivity contribution in [2.75, 3.05) is 19.6 Å². The summed E-state index contributed by atoms with van der Waals surface area (Å²) in [5.74, 6) is 0.0424. The van der Waals surface area contributed by atoms with Gasteiger partial charge in [0.1, 0.15) is 12.6 Å². The zero-order chi connectivity index (χ0) is 9.42. The van der Waals surface area contributed by atoms with E-state index >= 15 is 0 Å². The van der Waals surface area contributed by atoms with Gasteiger partial charge in [0.25, 0.3) is 0 Å². The number of carbonyl (C=O) groups is 2. The molecule has 72 valence electrons. The SMILES string of the molecule is C[C@@H]1NC(=O)[C@@H]2C[NH2+]CCN2C1=O. The zero-order valence-electron chi connectivity index (χ0n) is 7.62. The molecule has 2 rings (SSSR count). The maximum atomic E-state index is 11.6. The molecule has 2 heterocycles. The summed E-state index contributed by atoms with van der Waals surface area (Å²) in [5.41, 5.74) is 0. The molecule has 2 fully saturated rings. The molecule has 0 aromatic heterocycles. The third-order valence-corrected chi connectivity index (χ3v) is 2.66. The van der Waals surface area contributed by atoms with Crippen molar-refractivity contribution in [2.45, 2.75) is 19.0 Å². The van der Waals surface area contributed by atoms with Gasteiger partial charge in [-0.2, -0.15) is 0 Å². The number of hydrogen-bond donors (Lipinski definition) is 2. The summed E-state index contributed by atoms with van der Waals surface area (Å²) in [6.07, 6.45) is 0. The molecule has 0 aromatic rings. The van der Waals surface area contributed by atoms with Crippen LogP contribution in [0, 0.1) is 0 Å². The van der Waals surface area contributed by atoms with Crippen LogP contribution in [0.2, 0.25) is 0 Å². The number of hydrogen-bond acceptors (Lipinski definition) is 2. The minimum Gasteiger partial charge on any atom is -0.343 e. The number of carbonyl (C=O) groups excluding carboxylic acids is 2. The molecule has 0 saturated carbocycles. The standard InChI is InChI=1S/C8H13N3O2/c1-5-8(13)11-3-2-9-4-6(11)7(12)10-5/h5-6,9H,2-4H2,1H3,(H,10,12)/p+1/t5-,6-/m0/s1. The minimum absolute atomic E-state index is 0.0111. The van der Waals surface area contributed by atoms with Crippen LogP contribution in [0.15, 0.2) is 0 Å². The van der Waals surface area contributed by atoms with Crippen molar-refractivity contribution in [3.63, 3.8) is 0 Å². The van der Waals surface area contributed by atoms with Gasteiger partial charge >= 0.3 is 0 Å². The van der Waals surface area contributed by atoms with Gasteiger partial charge in [0.2, 0.25) is 11.8 Å². The molecule has 2 saturated heterocycles. The molecule has 2 aliphatic rings. The van der Waals surface area contributed by atoms with Crippen LogP contribution in [0.1, 0.15) is 6.92 Å².